The lowest BCUT2D eigenvalue weighted by Gasteiger charge is -2.33. The van der Waals surface area contributed by atoms with E-state index in [-0.39, 0.29) is 17.7 Å². The Morgan fingerprint density at radius 2 is 1.67 bits per heavy atom. The molecule has 1 atom stereocenters. The van der Waals surface area contributed by atoms with Crippen molar-refractivity contribution in [3.05, 3.63) is 66.4 Å². The summed E-state index contributed by atoms with van der Waals surface area (Å²) in [6.07, 6.45) is 7.71. The van der Waals surface area contributed by atoms with Crippen molar-refractivity contribution in [2.75, 3.05) is 33.3 Å². The number of nitrogens with one attached hydrogen (secondary N) is 1. The Morgan fingerprint density at radius 3 is 2.26 bits per heavy atom. The first kappa shape index (κ1) is 29.4. The van der Waals surface area contributed by atoms with E-state index in [1.165, 1.54) is 50.6 Å². The van der Waals surface area contributed by atoms with E-state index in [4.69, 9.17) is 23.4 Å². The van der Waals surface area contributed by atoms with Crippen LogP contribution < -0.4 is 29.2 Å². The Balaban J connectivity index is 1.70. The predicted molar refractivity (Wildman–Crippen MR) is 155 cm³/mol. The van der Waals surface area contributed by atoms with Gasteiger partial charge in [0.25, 0.3) is 5.91 Å². The van der Waals surface area contributed by atoms with Crippen LogP contribution in [0.5, 0.6) is 23.0 Å². The third-order valence-electron chi connectivity index (χ3n) is 7.45. The topological polar surface area (TPSA) is 143 Å². The molecule has 2 amide bonds. The number of tetrazole rings is 1. The van der Waals surface area contributed by atoms with Crippen LogP contribution in [0.25, 0.3) is 5.69 Å². The number of amides is 2. The molecule has 0 bridgehead atoms. The summed E-state index contributed by atoms with van der Waals surface area (Å²) in [6.45, 7) is 0. The number of benzene rings is 2. The quantitative estimate of drug-likeness (QED) is 0.271. The number of furan rings is 1. The molecule has 0 saturated heterocycles. The van der Waals surface area contributed by atoms with Crippen LogP contribution in [0.4, 0.5) is 5.69 Å². The highest BCUT2D eigenvalue weighted by atomic mass is 16.5. The average Bonchev–Trinajstić information content (AvgIpc) is 3.78. The minimum atomic E-state index is -1.17. The van der Waals surface area contributed by atoms with Gasteiger partial charge < -0.3 is 28.7 Å². The molecule has 2 aromatic heterocycles. The summed E-state index contributed by atoms with van der Waals surface area (Å²) >= 11 is 0. The van der Waals surface area contributed by atoms with E-state index in [1.54, 1.807) is 42.5 Å². The maximum absolute atomic E-state index is 14.4. The first-order valence-electron chi connectivity index (χ1n) is 13.9. The third kappa shape index (κ3) is 6.10. The molecule has 226 valence electrons. The monoisotopic (exact) mass is 590 g/mol. The van der Waals surface area contributed by atoms with Crippen molar-refractivity contribution >= 4 is 17.5 Å². The van der Waals surface area contributed by atoms with Gasteiger partial charge in [0, 0.05) is 17.8 Å². The summed E-state index contributed by atoms with van der Waals surface area (Å²) in [5, 5.41) is 14.5. The van der Waals surface area contributed by atoms with Crippen LogP contribution in [-0.4, -0.2) is 66.5 Å². The van der Waals surface area contributed by atoms with E-state index in [9.17, 15) is 9.59 Å². The molecule has 2 heterocycles. The fourth-order valence-electron chi connectivity index (χ4n) is 5.38. The molecular formula is C30H34N6O7. The summed E-state index contributed by atoms with van der Waals surface area (Å²) in [7, 11) is 5.98. The van der Waals surface area contributed by atoms with E-state index in [2.05, 4.69) is 20.8 Å². The van der Waals surface area contributed by atoms with Gasteiger partial charge in [-0.05, 0) is 65.2 Å². The van der Waals surface area contributed by atoms with Crippen LogP contribution in [0.3, 0.4) is 0 Å². The molecule has 0 radical (unpaired) electrons. The molecule has 0 aliphatic heterocycles. The zero-order valence-corrected chi connectivity index (χ0v) is 24.5. The lowest BCUT2D eigenvalue weighted by molar-refractivity contribution is -0.123. The minimum Gasteiger partial charge on any atom is -0.494 e. The van der Waals surface area contributed by atoms with Crippen molar-refractivity contribution in [2.45, 2.75) is 44.2 Å². The molecule has 4 aromatic rings. The number of ether oxygens (including phenoxy) is 4. The predicted octanol–water partition coefficient (Wildman–Crippen LogP) is 4.13. The lowest BCUT2D eigenvalue weighted by Crippen LogP contribution is -2.47. The fourth-order valence-corrected chi connectivity index (χ4v) is 5.38. The summed E-state index contributed by atoms with van der Waals surface area (Å²) < 4.78 is 29.4. The number of aromatic nitrogens is 4. The van der Waals surface area contributed by atoms with Crippen LogP contribution in [0, 0.1) is 0 Å². The second-order valence-electron chi connectivity index (χ2n) is 9.97. The second-order valence-corrected chi connectivity index (χ2v) is 9.97. The first-order chi connectivity index (χ1) is 21.0. The van der Waals surface area contributed by atoms with Crippen molar-refractivity contribution in [3.63, 3.8) is 0 Å². The number of anilines is 1. The van der Waals surface area contributed by atoms with E-state index in [0.29, 0.717) is 39.9 Å². The Labute approximate surface area is 248 Å². The zero-order valence-electron chi connectivity index (χ0n) is 24.5. The summed E-state index contributed by atoms with van der Waals surface area (Å²) in [6, 6.07) is 10.4. The summed E-state index contributed by atoms with van der Waals surface area (Å²) in [5.74, 6) is 0.541. The molecule has 2 aromatic carbocycles. The van der Waals surface area contributed by atoms with Crippen molar-refractivity contribution in [1.82, 2.24) is 25.5 Å². The Kier molecular flexibility index (Phi) is 9.08. The van der Waals surface area contributed by atoms with Gasteiger partial charge in [-0.2, -0.15) is 4.68 Å². The molecular weight excluding hydrogens is 556 g/mol. The normalized spacial score (nSPS) is 14.0. The number of methoxy groups -OCH3 is 4. The average molecular weight is 591 g/mol. The van der Waals surface area contributed by atoms with Crippen LogP contribution in [0.2, 0.25) is 0 Å². The number of hydrogen-bond donors (Lipinski definition) is 1. The van der Waals surface area contributed by atoms with Gasteiger partial charge in [0.2, 0.25) is 11.7 Å². The Bertz CT molecular complexity index is 1510. The standard InChI is InChI=1S/C30H34N6O7/c1-39-24-17-21(12-13-22(24)35-18-31-33-34-35)36(30(38)23-11-8-14-43-23)27(29(37)32-20-9-6-5-7-10-20)19-15-25(40-2)28(42-4)26(16-19)41-3/h8,11-18,20,27H,5-7,9-10H2,1-4H3,(H,32,37)/t27-/m0/s1. The van der Waals surface area contributed by atoms with E-state index in [1.807, 2.05) is 0 Å². The Morgan fingerprint density at radius 1 is 0.953 bits per heavy atom. The molecule has 1 N–H and O–H groups in total. The fraction of sp³-hybridized carbons (Fsp3) is 0.367. The SMILES string of the molecule is COc1cc(N(C(=O)c2ccco2)[C@H](C(=O)NC2CCCCC2)c2cc(OC)c(OC)c(OC)c2)ccc1-n1cnnn1. The minimum absolute atomic E-state index is 0.0249. The van der Waals surface area contributed by atoms with E-state index in [0.717, 1.165) is 32.1 Å². The van der Waals surface area contributed by atoms with Crippen molar-refractivity contribution in [3.8, 4) is 28.7 Å². The smallest absolute Gasteiger partial charge is 0.294 e. The zero-order chi connectivity index (χ0) is 30.3. The van der Waals surface area contributed by atoms with Gasteiger partial charge in [0.05, 0.1) is 34.7 Å². The van der Waals surface area contributed by atoms with Crippen LogP contribution in [0.1, 0.15) is 54.3 Å². The second kappa shape index (κ2) is 13.3. The number of carbonyl (C=O) groups is 2. The number of hydrogen-bond acceptors (Lipinski definition) is 10. The van der Waals surface area contributed by atoms with Gasteiger partial charge in [-0.3, -0.25) is 14.5 Å². The van der Waals surface area contributed by atoms with Crippen molar-refractivity contribution in [1.29, 1.82) is 0 Å². The molecule has 1 aliphatic carbocycles. The number of rotatable bonds is 11. The van der Waals surface area contributed by atoms with Crippen LogP contribution in [0.15, 0.2) is 59.5 Å². The van der Waals surface area contributed by atoms with Gasteiger partial charge in [0.1, 0.15) is 23.8 Å². The third-order valence-corrected chi connectivity index (χ3v) is 7.45. The highest BCUT2D eigenvalue weighted by molar-refractivity contribution is 6.09. The summed E-state index contributed by atoms with van der Waals surface area (Å²) in [5.41, 5.74) is 1.34. The van der Waals surface area contributed by atoms with Gasteiger partial charge in [-0.15, -0.1) is 5.10 Å². The van der Waals surface area contributed by atoms with Gasteiger partial charge >= 0.3 is 0 Å². The molecule has 1 fully saturated rings. The molecule has 5 rings (SSSR count). The number of carbonyl (C=O) groups excluding carboxylic acids is 2. The molecule has 13 heteroatoms. The molecule has 1 saturated carbocycles. The van der Waals surface area contributed by atoms with Gasteiger partial charge in [-0.1, -0.05) is 19.3 Å². The first-order valence-corrected chi connectivity index (χ1v) is 13.9. The van der Waals surface area contributed by atoms with E-state index < -0.39 is 11.9 Å². The largest absolute Gasteiger partial charge is 0.494 e. The number of nitrogens with zero attached hydrogens (tertiary/aromatic N) is 5. The van der Waals surface area contributed by atoms with Gasteiger partial charge in [0.15, 0.2) is 17.3 Å². The van der Waals surface area contributed by atoms with Gasteiger partial charge in [-0.25, -0.2) is 0 Å². The molecule has 1 aliphatic rings. The lowest BCUT2D eigenvalue weighted by atomic mass is 9.94. The summed E-state index contributed by atoms with van der Waals surface area (Å²) in [4.78, 5) is 30.0. The van der Waals surface area contributed by atoms with E-state index >= 15 is 0 Å². The van der Waals surface area contributed by atoms with Crippen LogP contribution >= 0.6 is 0 Å². The maximum Gasteiger partial charge on any atom is 0.294 e. The Hall–Kier alpha value is -5.07. The molecule has 43 heavy (non-hydrogen) atoms. The van der Waals surface area contributed by atoms with Crippen molar-refractivity contribution in [2.24, 2.45) is 0 Å². The van der Waals surface area contributed by atoms with Crippen molar-refractivity contribution < 1.29 is 33.0 Å². The maximum atomic E-state index is 14.4. The highest BCUT2D eigenvalue weighted by Crippen LogP contribution is 2.42. The van der Waals surface area contributed by atoms with Crippen LogP contribution in [-0.2, 0) is 4.79 Å². The molecule has 0 unspecified atom stereocenters. The highest BCUT2D eigenvalue weighted by Gasteiger charge is 2.37. The molecule has 13 nitrogen and oxygen atoms in total. The molecule has 0 spiro atoms.